The van der Waals surface area contributed by atoms with E-state index in [2.05, 4.69) is 5.32 Å². The van der Waals surface area contributed by atoms with Crippen LogP contribution in [0.5, 0.6) is 0 Å². The number of carbonyl (C=O) groups excluding carboxylic acids is 1. The second-order valence-corrected chi connectivity index (χ2v) is 5.62. The first-order valence-corrected chi connectivity index (χ1v) is 6.62. The molecule has 0 saturated carbocycles. The highest BCUT2D eigenvalue weighted by Gasteiger charge is 2.28. The normalized spacial score (nSPS) is 12.8. The van der Waals surface area contributed by atoms with Crippen molar-refractivity contribution in [2.75, 3.05) is 0 Å². The van der Waals surface area contributed by atoms with Crippen molar-refractivity contribution in [3.05, 3.63) is 35.4 Å². The summed E-state index contributed by atoms with van der Waals surface area (Å²) in [7, 11) is 0. The molecule has 1 aromatic rings. The van der Waals surface area contributed by atoms with Crippen LogP contribution in [0.3, 0.4) is 0 Å². The molecule has 6 heteroatoms. The molecular weight excluding hydrogens is 280 g/mol. The lowest BCUT2D eigenvalue weighted by atomic mass is 9.94. The molecule has 116 valence electrons. The first-order valence-electron chi connectivity index (χ1n) is 6.62. The average molecular weight is 299 g/mol. The summed E-state index contributed by atoms with van der Waals surface area (Å²) in [5.74, 6) is -4.07. The maximum Gasteiger partial charge on any atom is 0.303 e. The molecule has 0 fully saturated rings. The topological polar surface area (TPSA) is 66.4 Å². The van der Waals surface area contributed by atoms with Crippen LogP contribution in [0, 0.1) is 11.6 Å². The fraction of sp³-hybridized carbons (Fsp3) is 0.467. The summed E-state index contributed by atoms with van der Waals surface area (Å²) in [4.78, 5) is 22.7. The van der Waals surface area contributed by atoms with Gasteiger partial charge in [0.25, 0.3) is 0 Å². The number of carboxylic acid groups (broad SMARTS) is 1. The number of benzene rings is 1. The van der Waals surface area contributed by atoms with Crippen LogP contribution in [-0.4, -0.2) is 22.5 Å². The summed E-state index contributed by atoms with van der Waals surface area (Å²) in [6.45, 7) is 4.74. The Morgan fingerprint density at radius 3 is 2.29 bits per heavy atom. The molecule has 1 aromatic carbocycles. The minimum absolute atomic E-state index is 0.101. The van der Waals surface area contributed by atoms with Gasteiger partial charge in [0.1, 0.15) is 11.6 Å². The van der Waals surface area contributed by atoms with Gasteiger partial charge in [-0.25, -0.2) is 8.78 Å². The van der Waals surface area contributed by atoms with Gasteiger partial charge in [-0.3, -0.25) is 9.59 Å². The van der Waals surface area contributed by atoms with E-state index in [1.807, 2.05) is 0 Å². The highest BCUT2D eigenvalue weighted by molar-refractivity contribution is 5.84. The Balaban J connectivity index is 2.81. The third kappa shape index (κ3) is 4.81. The van der Waals surface area contributed by atoms with Crippen molar-refractivity contribution in [2.45, 2.75) is 45.1 Å². The van der Waals surface area contributed by atoms with Crippen molar-refractivity contribution in [1.29, 1.82) is 0 Å². The second kappa shape index (κ2) is 6.65. The molecule has 1 amide bonds. The predicted octanol–water partition coefficient (Wildman–Crippen LogP) is 2.83. The Bertz CT molecular complexity index is 523. The molecule has 0 bridgehead atoms. The zero-order valence-electron chi connectivity index (χ0n) is 12.2. The van der Waals surface area contributed by atoms with Crippen LogP contribution in [0.1, 0.15) is 45.1 Å². The van der Waals surface area contributed by atoms with Crippen LogP contribution in [-0.2, 0) is 9.59 Å². The number of hydrogen-bond donors (Lipinski definition) is 2. The standard InChI is InChI=1S/C15H19F2NO3/c1-9(13-10(16)5-4-6-11(13)17)14(21)18-15(2,3)8-7-12(19)20/h4-6,9H,7-8H2,1-3H3,(H,18,21)(H,19,20). The van der Waals surface area contributed by atoms with E-state index in [0.717, 1.165) is 12.1 Å². The molecule has 0 spiro atoms. The maximum absolute atomic E-state index is 13.7. The average Bonchev–Trinajstić information content (AvgIpc) is 2.35. The van der Waals surface area contributed by atoms with Gasteiger partial charge in [0, 0.05) is 17.5 Å². The zero-order valence-corrected chi connectivity index (χ0v) is 12.2. The van der Waals surface area contributed by atoms with Crippen molar-refractivity contribution in [1.82, 2.24) is 5.32 Å². The quantitative estimate of drug-likeness (QED) is 0.849. The van der Waals surface area contributed by atoms with Crippen LogP contribution < -0.4 is 5.32 Å². The number of hydrogen-bond acceptors (Lipinski definition) is 2. The molecule has 0 saturated heterocycles. The zero-order chi connectivity index (χ0) is 16.2. The number of halogens is 2. The van der Waals surface area contributed by atoms with Gasteiger partial charge in [0.2, 0.25) is 5.91 Å². The predicted molar refractivity (Wildman–Crippen MR) is 73.9 cm³/mol. The Morgan fingerprint density at radius 1 is 1.29 bits per heavy atom. The van der Waals surface area contributed by atoms with Gasteiger partial charge in [-0.05, 0) is 39.3 Å². The fourth-order valence-corrected chi connectivity index (χ4v) is 1.98. The monoisotopic (exact) mass is 299 g/mol. The van der Waals surface area contributed by atoms with E-state index < -0.39 is 35.0 Å². The molecule has 0 aliphatic carbocycles. The summed E-state index contributed by atoms with van der Waals surface area (Å²) < 4.78 is 27.3. The van der Waals surface area contributed by atoms with Crippen molar-refractivity contribution in [2.24, 2.45) is 0 Å². The molecule has 1 atom stereocenters. The number of nitrogens with one attached hydrogen (secondary N) is 1. The number of rotatable bonds is 6. The summed E-state index contributed by atoms with van der Waals surface area (Å²) >= 11 is 0. The summed E-state index contributed by atoms with van der Waals surface area (Å²) in [5, 5.41) is 11.3. The van der Waals surface area contributed by atoms with Crippen LogP contribution in [0.2, 0.25) is 0 Å². The van der Waals surface area contributed by atoms with E-state index in [4.69, 9.17) is 5.11 Å². The number of carbonyl (C=O) groups is 2. The minimum Gasteiger partial charge on any atom is -0.481 e. The molecule has 2 N–H and O–H groups in total. The first kappa shape index (κ1) is 17.1. The molecule has 1 rings (SSSR count). The SMILES string of the molecule is CC(C(=O)NC(C)(C)CCC(=O)O)c1c(F)cccc1F. The van der Waals surface area contributed by atoms with Crippen molar-refractivity contribution in [3.8, 4) is 0 Å². The number of aliphatic carboxylic acids is 1. The molecule has 0 aliphatic rings. The molecule has 0 aromatic heterocycles. The first-order chi connectivity index (χ1) is 9.64. The third-order valence-corrected chi connectivity index (χ3v) is 3.25. The summed E-state index contributed by atoms with van der Waals surface area (Å²) in [6.07, 6.45) is 0.121. The Labute approximate surface area is 122 Å². The molecule has 1 unspecified atom stereocenters. The highest BCUT2D eigenvalue weighted by Crippen LogP contribution is 2.23. The number of carboxylic acids is 1. The summed E-state index contributed by atoms with van der Waals surface area (Å²) in [6, 6.07) is 3.42. The van der Waals surface area contributed by atoms with E-state index in [9.17, 15) is 18.4 Å². The van der Waals surface area contributed by atoms with Gasteiger partial charge in [-0.15, -0.1) is 0 Å². The van der Waals surface area contributed by atoms with Gasteiger partial charge in [-0.2, -0.15) is 0 Å². The van der Waals surface area contributed by atoms with Gasteiger partial charge < -0.3 is 10.4 Å². The Kier molecular flexibility index (Phi) is 5.41. The van der Waals surface area contributed by atoms with E-state index >= 15 is 0 Å². The van der Waals surface area contributed by atoms with E-state index in [1.165, 1.54) is 13.0 Å². The summed E-state index contributed by atoms with van der Waals surface area (Å²) in [5.41, 5.74) is -1.06. The highest BCUT2D eigenvalue weighted by atomic mass is 19.1. The minimum atomic E-state index is -1.00. The van der Waals surface area contributed by atoms with Gasteiger partial charge in [0.05, 0.1) is 5.92 Å². The van der Waals surface area contributed by atoms with Crippen molar-refractivity contribution >= 4 is 11.9 Å². The molecule has 21 heavy (non-hydrogen) atoms. The largest absolute Gasteiger partial charge is 0.481 e. The molecule has 4 nitrogen and oxygen atoms in total. The van der Waals surface area contributed by atoms with Crippen LogP contribution in [0.15, 0.2) is 18.2 Å². The molecule has 0 heterocycles. The fourth-order valence-electron chi connectivity index (χ4n) is 1.98. The van der Waals surface area contributed by atoms with Crippen molar-refractivity contribution in [3.63, 3.8) is 0 Å². The van der Waals surface area contributed by atoms with E-state index in [0.29, 0.717) is 0 Å². The van der Waals surface area contributed by atoms with Crippen LogP contribution >= 0.6 is 0 Å². The third-order valence-electron chi connectivity index (χ3n) is 3.25. The number of amides is 1. The van der Waals surface area contributed by atoms with E-state index in [1.54, 1.807) is 13.8 Å². The van der Waals surface area contributed by atoms with Gasteiger partial charge >= 0.3 is 5.97 Å². The molecule has 0 radical (unpaired) electrons. The van der Waals surface area contributed by atoms with Crippen LogP contribution in [0.4, 0.5) is 8.78 Å². The Morgan fingerprint density at radius 2 is 1.81 bits per heavy atom. The van der Waals surface area contributed by atoms with Crippen LogP contribution in [0.25, 0.3) is 0 Å². The van der Waals surface area contributed by atoms with Gasteiger partial charge in [0.15, 0.2) is 0 Å². The Hall–Kier alpha value is -1.98. The maximum atomic E-state index is 13.7. The smallest absolute Gasteiger partial charge is 0.303 e. The molecule has 0 aliphatic heterocycles. The molecular formula is C15H19F2NO3. The lowest BCUT2D eigenvalue weighted by Gasteiger charge is -2.27. The van der Waals surface area contributed by atoms with Crippen molar-refractivity contribution < 1.29 is 23.5 Å². The van der Waals surface area contributed by atoms with Gasteiger partial charge in [-0.1, -0.05) is 6.07 Å². The lowest BCUT2D eigenvalue weighted by molar-refractivity contribution is -0.137. The van der Waals surface area contributed by atoms with E-state index in [-0.39, 0.29) is 18.4 Å². The lowest BCUT2D eigenvalue weighted by Crippen LogP contribution is -2.45. The second-order valence-electron chi connectivity index (χ2n) is 5.62.